The summed E-state index contributed by atoms with van der Waals surface area (Å²) >= 11 is 0. The van der Waals surface area contributed by atoms with Gasteiger partial charge in [-0.1, -0.05) is 0 Å². The average molecular weight is 385 g/mol. The number of carbonyl (C=O) groups excluding carboxylic acids is 2. The Kier molecular flexibility index (Phi) is 7.08. The van der Waals surface area contributed by atoms with Gasteiger partial charge in [-0.05, 0) is 56.5 Å². The molecule has 1 aliphatic rings. The van der Waals surface area contributed by atoms with Crippen LogP contribution in [-0.2, 0) is 4.74 Å². The lowest BCUT2D eigenvalue weighted by Gasteiger charge is -2.22. The molecule has 7 nitrogen and oxygen atoms in total. The van der Waals surface area contributed by atoms with E-state index in [2.05, 4.69) is 15.5 Å². The van der Waals surface area contributed by atoms with Crippen LogP contribution in [0.3, 0.4) is 0 Å². The van der Waals surface area contributed by atoms with Crippen LogP contribution in [0.2, 0.25) is 0 Å². The molecule has 1 saturated heterocycles. The number of rotatable bonds is 9. The maximum absolute atomic E-state index is 12.8. The van der Waals surface area contributed by atoms with Crippen molar-refractivity contribution in [2.45, 2.75) is 26.2 Å². The molecule has 0 unspecified atom stereocenters. The molecule has 1 aromatic carbocycles. The molecule has 2 amide bonds. The molecule has 1 fully saturated rings. The molecule has 1 aliphatic heterocycles. The maximum Gasteiger partial charge on any atom is 0.291 e. The number of benzene rings is 1. The van der Waals surface area contributed by atoms with Gasteiger partial charge in [-0.2, -0.15) is 0 Å². The fourth-order valence-electron chi connectivity index (χ4n) is 3.25. The fourth-order valence-corrected chi connectivity index (χ4v) is 3.25. The number of hydrogen-bond donors (Lipinski definition) is 2. The third-order valence-corrected chi connectivity index (χ3v) is 4.65. The lowest BCUT2D eigenvalue weighted by molar-refractivity contribution is 0.0943. The van der Waals surface area contributed by atoms with Crippen LogP contribution in [0, 0.1) is 0 Å². The maximum atomic E-state index is 12.8. The standard InChI is InChI=1S/C21H27N3O4/c1-2-27-13-6-10-22-20(25)17-15-16(23-21(26)19-7-5-14-28-19)8-9-18(17)24-11-3-4-12-24/h5,7-9,14-15H,2-4,6,10-13H2,1H3,(H,22,25)(H,23,26). The van der Waals surface area contributed by atoms with Gasteiger partial charge in [-0.25, -0.2) is 0 Å². The molecular weight excluding hydrogens is 358 g/mol. The molecule has 1 aromatic heterocycles. The molecule has 2 heterocycles. The summed E-state index contributed by atoms with van der Waals surface area (Å²) < 4.78 is 10.4. The van der Waals surface area contributed by atoms with Gasteiger partial charge in [0.25, 0.3) is 11.8 Å². The van der Waals surface area contributed by atoms with Gasteiger partial charge in [0.1, 0.15) is 0 Å². The number of anilines is 2. The third-order valence-electron chi connectivity index (χ3n) is 4.65. The minimum absolute atomic E-state index is 0.146. The quantitative estimate of drug-likeness (QED) is 0.647. The minimum atomic E-state index is -0.345. The first kappa shape index (κ1) is 19.9. The summed E-state index contributed by atoms with van der Waals surface area (Å²) in [5.41, 5.74) is 2.02. The molecule has 150 valence electrons. The van der Waals surface area contributed by atoms with Crippen molar-refractivity contribution in [3.05, 3.63) is 47.9 Å². The molecule has 0 radical (unpaired) electrons. The Morgan fingerprint density at radius 1 is 1.18 bits per heavy atom. The van der Waals surface area contributed by atoms with E-state index in [9.17, 15) is 9.59 Å². The highest BCUT2D eigenvalue weighted by Crippen LogP contribution is 2.28. The second kappa shape index (κ2) is 9.94. The van der Waals surface area contributed by atoms with Crippen LogP contribution in [0.4, 0.5) is 11.4 Å². The summed E-state index contributed by atoms with van der Waals surface area (Å²) in [7, 11) is 0. The largest absolute Gasteiger partial charge is 0.459 e. The predicted molar refractivity (Wildman–Crippen MR) is 108 cm³/mol. The Labute approximate surface area is 165 Å². The summed E-state index contributed by atoms with van der Waals surface area (Å²) in [6.07, 6.45) is 4.44. The van der Waals surface area contributed by atoms with Crippen molar-refractivity contribution in [2.75, 3.05) is 43.1 Å². The Morgan fingerprint density at radius 3 is 2.71 bits per heavy atom. The highest BCUT2D eigenvalue weighted by molar-refractivity contribution is 6.05. The van der Waals surface area contributed by atoms with Crippen LogP contribution in [0.25, 0.3) is 0 Å². The fraction of sp³-hybridized carbons (Fsp3) is 0.429. The van der Waals surface area contributed by atoms with Crippen LogP contribution in [-0.4, -0.2) is 44.7 Å². The van der Waals surface area contributed by atoms with E-state index < -0.39 is 0 Å². The highest BCUT2D eigenvalue weighted by atomic mass is 16.5. The third kappa shape index (κ3) is 5.13. The molecule has 7 heteroatoms. The molecular formula is C21H27N3O4. The number of nitrogens with one attached hydrogen (secondary N) is 2. The van der Waals surface area contributed by atoms with Crippen molar-refractivity contribution < 1.29 is 18.7 Å². The molecule has 0 saturated carbocycles. The van der Waals surface area contributed by atoms with Crippen molar-refractivity contribution in [1.82, 2.24) is 5.32 Å². The molecule has 0 spiro atoms. The molecule has 2 aromatic rings. The summed E-state index contributed by atoms with van der Waals surface area (Å²) in [5, 5.41) is 5.74. The van der Waals surface area contributed by atoms with Crippen molar-refractivity contribution >= 4 is 23.2 Å². The van der Waals surface area contributed by atoms with Gasteiger partial charge in [0.15, 0.2) is 5.76 Å². The van der Waals surface area contributed by atoms with E-state index in [4.69, 9.17) is 9.15 Å². The van der Waals surface area contributed by atoms with E-state index in [1.54, 1.807) is 18.2 Å². The van der Waals surface area contributed by atoms with E-state index in [1.807, 2.05) is 19.1 Å². The minimum Gasteiger partial charge on any atom is -0.459 e. The zero-order chi connectivity index (χ0) is 19.8. The monoisotopic (exact) mass is 385 g/mol. The first-order chi connectivity index (χ1) is 13.7. The van der Waals surface area contributed by atoms with Crippen molar-refractivity contribution in [2.24, 2.45) is 0 Å². The van der Waals surface area contributed by atoms with E-state index in [0.717, 1.165) is 38.0 Å². The second-order valence-corrected chi connectivity index (χ2v) is 6.66. The summed E-state index contributed by atoms with van der Waals surface area (Å²) in [5.74, 6) is -0.264. The summed E-state index contributed by atoms with van der Waals surface area (Å²) in [6.45, 7) is 5.65. The molecule has 2 N–H and O–H groups in total. The van der Waals surface area contributed by atoms with Crippen LogP contribution in [0.5, 0.6) is 0 Å². The summed E-state index contributed by atoms with van der Waals surface area (Å²) in [4.78, 5) is 27.3. The number of amides is 2. The molecule has 3 rings (SSSR count). The van der Waals surface area contributed by atoms with Crippen molar-refractivity contribution in [3.63, 3.8) is 0 Å². The first-order valence-corrected chi connectivity index (χ1v) is 9.79. The first-order valence-electron chi connectivity index (χ1n) is 9.79. The number of furan rings is 1. The number of hydrogen-bond acceptors (Lipinski definition) is 5. The van der Waals surface area contributed by atoms with Gasteiger partial charge >= 0.3 is 0 Å². The smallest absolute Gasteiger partial charge is 0.291 e. The average Bonchev–Trinajstić information content (AvgIpc) is 3.41. The molecule has 0 bridgehead atoms. The lowest BCUT2D eigenvalue weighted by Crippen LogP contribution is -2.29. The van der Waals surface area contributed by atoms with E-state index in [0.29, 0.717) is 31.0 Å². The van der Waals surface area contributed by atoms with Crippen LogP contribution < -0.4 is 15.5 Å². The number of ether oxygens (including phenoxy) is 1. The zero-order valence-electron chi connectivity index (χ0n) is 16.2. The van der Waals surface area contributed by atoms with Crippen molar-refractivity contribution in [1.29, 1.82) is 0 Å². The Bertz CT molecular complexity index is 783. The predicted octanol–water partition coefficient (Wildman–Crippen LogP) is 3.29. The Balaban J connectivity index is 1.73. The van der Waals surface area contributed by atoms with Gasteiger partial charge in [-0.15, -0.1) is 0 Å². The second-order valence-electron chi connectivity index (χ2n) is 6.66. The summed E-state index contributed by atoms with van der Waals surface area (Å²) in [6, 6.07) is 8.71. The SMILES string of the molecule is CCOCCCNC(=O)c1cc(NC(=O)c2ccco2)ccc1N1CCCC1. The lowest BCUT2D eigenvalue weighted by atomic mass is 10.1. The van der Waals surface area contributed by atoms with E-state index in [1.165, 1.54) is 6.26 Å². The van der Waals surface area contributed by atoms with E-state index in [-0.39, 0.29) is 17.6 Å². The number of nitrogens with zero attached hydrogens (tertiary/aromatic N) is 1. The van der Waals surface area contributed by atoms with Gasteiger partial charge in [0.05, 0.1) is 11.8 Å². The van der Waals surface area contributed by atoms with Gasteiger partial charge < -0.3 is 24.7 Å². The molecule has 28 heavy (non-hydrogen) atoms. The van der Waals surface area contributed by atoms with Crippen LogP contribution in [0.1, 0.15) is 47.1 Å². The topological polar surface area (TPSA) is 83.8 Å². The van der Waals surface area contributed by atoms with Gasteiger partial charge in [0.2, 0.25) is 0 Å². The Hall–Kier alpha value is -2.80. The molecule has 0 atom stereocenters. The van der Waals surface area contributed by atoms with Crippen LogP contribution in [0.15, 0.2) is 41.0 Å². The zero-order valence-corrected chi connectivity index (χ0v) is 16.2. The van der Waals surface area contributed by atoms with Crippen molar-refractivity contribution in [3.8, 4) is 0 Å². The molecule has 0 aliphatic carbocycles. The Morgan fingerprint density at radius 2 is 2.00 bits per heavy atom. The number of carbonyl (C=O) groups is 2. The van der Waals surface area contributed by atoms with Gasteiger partial charge in [0, 0.05) is 44.2 Å². The van der Waals surface area contributed by atoms with Gasteiger partial charge in [-0.3, -0.25) is 9.59 Å². The highest BCUT2D eigenvalue weighted by Gasteiger charge is 2.20. The van der Waals surface area contributed by atoms with E-state index >= 15 is 0 Å². The van der Waals surface area contributed by atoms with Crippen LogP contribution >= 0.6 is 0 Å². The normalized spacial score (nSPS) is 13.5.